The number of hydrogen-bond donors (Lipinski definition) is 0. The molecule has 0 unspecified atom stereocenters. The number of para-hydroxylation sites is 3. The molecule has 12 rings (SSSR count). The average Bonchev–Trinajstić information content (AvgIpc) is 3.76. The van der Waals surface area contributed by atoms with Gasteiger partial charge in [0, 0.05) is 62.5 Å². The molecular weight excluding hydrogens is 707 g/mol. The van der Waals surface area contributed by atoms with Gasteiger partial charge in [0.05, 0.1) is 55.6 Å². The van der Waals surface area contributed by atoms with Crippen LogP contribution in [0.5, 0.6) is 11.5 Å². The van der Waals surface area contributed by atoms with Gasteiger partial charge in [0.1, 0.15) is 11.5 Å². The number of nitrogens with zero attached hydrogens (tertiary/aromatic N) is 5. The smallest absolute Gasteiger partial charge is 0.143 e. The molecule has 0 saturated carbocycles. The van der Waals surface area contributed by atoms with Crippen molar-refractivity contribution in [2.75, 3.05) is 4.90 Å². The van der Waals surface area contributed by atoms with Crippen LogP contribution in [0.1, 0.15) is 25.0 Å². The van der Waals surface area contributed by atoms with Gasteiger partial charge in [-0.25, -0.2) is 0 Å². The number of fused-ring (bicyclic) bond motifs is 10. The van der Waals surface area contributed by atoms with Crippen molar-refractivity contribution in [1.82, 2.24) is 19.1 Å². The van der Waals surface area contributed by atoms with Crippen molar-refractivity contribution in [3.05, 3.63) is 175 Å². The van der Waals surface area contributed by atoms with Gasteiger partial charge in [0.15, 0.2) is 0 Å². The summed E-state index contributed by atoms with van der Waals surface area (Å²) in [7, 11) is 0. The first-order valence-corrected chi connectivity index (χ1v) is 19.7. The predicted octanol–water partition coefficient (Wildman–Crippen LogP) is 13.0. The van der Waals surface area contributed by atoms with Gasteiger partial charge in [-0.05, 0) is 83.9 Å². The van der Waals surface area contributed by atoms with Crippen LogP contribution < -0.4 is 9.64 Å². The number of benzene rings is 6. The lowest BCUT2D eigenvalue weighted by atomic mass is 9.73. The highest BCUT2D eigenvalue weighted by atomic mass is 32.2. The van der Waals surface area contributed by atoms with E-state index in [2.05, 4.69) is 165 Å². The summed E-state index contributed by atoms with van der Waals surface area (Å²) in [4.78, 5) is 13.8. The quantitative estimate of drug-likeness (QED) is 0.181. The molecular formula is C49H33N5OS. The Labute approximate surface area is 327 Å². The number of aromatic nitrogens is 4. The first kappa shape index (κ1) is 31.5. The van der Waals surface area contributed by atoms with Crippen LogP contribution in [0.15, 0.2) is 174 Å². The zero-order valence-corrected chi connectivity index (χ0v) is 31.5. The zero-order chi connectivity index (χ0) is 37.1. The summed E-state index contributed by atoms with van der Waals surface area (Å²) in [5.41, 5.74) is 12.1. The van der Waals surface area contributed by atoms with Crippen LogP contribution >= 0.6 is 11.8 Å². The Morgan fingerprint density at radius 3 is 1.62 bits per heavy atom. The normalized spacial score (nSPS) is 14.1. The van der Waals surface area contributed by atoms with Gasteiger partial charge in [-0.2, -0.15) is 0 Å². The van der Waals surface area contributed by atoms with Crippen LogP contribution in [0.2, 0.25) is 0 Å². The van der Waals surface area contributed by atoms with Crippen LogP contribution in [0.3, 0.4) is 0 Å². The molecule has 0 fully saturated rings. The molecule has 0 saturated heterocycles. The Balaban J connectivity index is 1.12. The van der Waals surface area contributed by atoms with E-state index in [0.717, 1.165) is 71.8 Å². The zero-order valence-electron chi connectivity index (χ0n) is 30.6. The molecule has 6 nitrogen and oxygen atoms in total. The number of rotatable bonds is 3. The maximum atomic E-state index is 6.61. The highest BCUT2D eigenvalue weighted by Crippen LogP contribution is 2.55. The molecule has 0 amide bonds. The number of pyridine rings is 2. The molecule has 0 spiro atoms. The molecule has 0 N–H and O–H groups in total. The standard InChI is InChI=1S/C49H33N5OS/c1-49(2)37-18-15-30(52-39-11-5-3-9-33(39)35-21-23-50-28-43(35)52)25-41(37)54(32-17-20-48-46(27-32)55-45-13-7-8-14-47(45)56-48)42-26-31(16-19-38(42)49)53-40-12-6-4-10-34(40)36-22-24-51-29-44(36)53/h3-29H,1-2H3. The molecule has 2 aliphatic rings. The van der Waals surface area contributed by atoms with E-state index in [4.69, 9.17) is 4.74 Å². The topological polar surface area (TPSA) is 48.1 Å². The molecule has 0 atom stereocenters. The van der Waals surface area contributed by atoms with E-state index < -0.39 is 0 Å². The lowest BCUT2D eigenvalue weighted by Gasteiger charge is -2.42. The minimum atomic E-state index is -0.303. The van der Waals surface area contributed by atoms with Gasteiger partial charge in [-0.3, -0.25) is 9.97 Å². The summed E-state index contributed by atoms with van der Waals surface area (Å²) < 4.78 is 11.3. The highest BCUT2D eigenvalue weighted by Gasteiger charge is 2.38. The average molecular weight is 740 g/mol. The third-order valence-electron chi connectivity index (χ3n) is 11.7. The third kappa shape index (κ3) is 4.40. The minimum absolute atomic E-state index is 0.303. The summed E-state index contributed by atoms with van der Waals surface area (Å²) in [5, 5.41) is 4.79. The van der Waals surface area contributed by atoms with Gasteiger partial charge in [0.2, 0.25) is 0 Å². The first-order valence-electron chi connectivity index (χ1n) is 18.9. The van der Waals surface area contributed by atoms with Crippen molar-refractivity contribution < 1.29 is 4.74 Å². The molecule has 56 heavy (non-hydrogen) atoms. The number of ether oxygens (including phenoxy) is 1. The molecule has 2 aliphatic heterocycles. The van der Waals surface area contributed by atoms with Gasteiger partial charge in [-0.15, -0.1) is 0 Å². The summed E-state index contributed by atoms with van der Waals surface area (Å²) in [5.74, 6) is 1.74. The van der Waals surface area contributed by atoms with E-state index in [-0.39, 0.29) is 5.41 Å². The van der Waals surface area contributed by atoms with Crippen LogP contribution in [0.25, 0.3) is 55.0 Å². The molecule has 0 aliphatic carbocycles. The van der Waals surface area contributed by atoms with E-state index in [1.165, 1.54) is 32.7 Å². The largest absolute Gasteiger partial charge is 0.455 e. The molecule has 6 aromatic carbocycles. The van der Waals surface area contributed by atoms with Crippen LogP contribution in [-0.2, 0) is 5.41 Å². The molecule has 10 aromatic rings. The highest BCUT2D eigenvalue weighted by molar-refractivity contribution is 7.99. The Kier molecular flexibility index (Phi) is 6.52. The van der Waals surface area contributed by atoms with E-state index >= 15 is 0 Å². The minimum Gasteiger partial charge on any atom is -0.455 e. The Hall–Kier alpha value is -6.83. The maximum absolute atomic E-state index is 6.61. The van der Waals surface area contributed by atoms with Gasteiger partial charge in [0.25, 0.3) is 0 Å². The Morgan fingerprint density at radius 1 is 0.482 bits per heavy atom. The molecule has 0 bridgehead atoms. The molecule has 7 heteroatoms. The van der Waals surface area contributed by atoms with E-state index in [1.807, 2.05) is 36.9 Å². The van der Waals surface area contributed by atoms with Crippen LogP contribution in [-0.4, -0.2) is 19.1 Å². The van der Waals surface area contributed by atoms with E-state index in [0.29, 0.717) is 0 Å². The lowest BCUT2D eigenvalue weighted by Crippen LogP contribution is -2.31. The van der Waals surface area contributed by atoms with Crippen molar-refractivity contribution in [2.45, 2.75) is 29.1 Å². The lowest BCUT2D eigenvalue weighted by molar-refractivity contribution is 0.454. The summed E-state index contributed by atoms with van der Waals surface area (Å²) >= 11 is 1.75. The van der Waals surface area contributed by atoms with Crippen molar-refractivity contribution in [1.29, 1.82) is 0 Å². The van der Waals surface area contributed by atoms with Gasteiger partial charge >= 0.3 is 0 Å². The first-order chi connectivity index (χ1) is 27.5. The molecule has 266 valence electrons. The molecule has 4 aromatic heterocycles. The second-order valence-electron chi connectivity index (χ2n) is 15.1. The monoisotopic (exact) mass is 739 g/mol. The fourth-order valence-corrected chi connectivity index (χ4v) is 10.1. The van der Waals surface area contributed by atoms with Crippen molar-refractivity contribution in [2.24, 2.45) is 0 Å². The SMILES string of the molecule is CC1(C)c2ccc(-n3c4ccccc4c4ccncc43)cc2N(c2ccc3c(c2)Oc2ccccc2S3)c2cc(-n3c4ccccc4c4ccncc43)ccc21. The summed E-state index contributed by atoms with van der Waals surface area (Å²) in [6.07, 6.45) is 7.73. The predicted molar refractivity (Wildman–Crippen MR) is 228 cm³/mol. The number of anilines is 3. The van der Waals surface area contributed by atoms with Crippen LogP contribution in [0, 0.1) is 0 Å². The maximum Gasteiger partial charge on any atom is 0.143 e. The third-order valence-corrected chi connectivity index (χ3v) is 12.8. The van der Waals surface area contributed by atoms with Crippen molar-refractivity contribution in [3.8, 4) is 22.9 Å². The second kappa shape index (κ2) is 11.6. The summed E-state index contributed by atoms with van der Waals surface area (Å²) in [6.45, 7) is 4.69. The van der Waals surface area contributed by atoms with E-state index in [1.54, 1.807) is 11.8 Å². The molecule has 0 radical (unpaired) electrons. The fourth-order valence-electron chi connectivity index (χ4n) is 9.15. The van der Waals surface area contributed by atoms with Gasteiger partial charge < -0.3 is 18.8 Å². The van der Waals surface area contributed by atoms with Crippen LogP contribution in [0.4, 0.5) is 17.1 Å². The van der Waals surface area contributed by atoms with E-state index in [9.17, 15) is 0 Å². The second-order valence-corrected chi connectivity index (χ2v) is 16.2. The van der Waals surface area contributed by atoms with Gasteiger partial charge in [-0.1, -0.05) is 86.3 Å². The summed E-state index contributed by atoms with van der Waals surface area (Å²) in [6, 6.07) is 50.3. The Bertz CT molecular complexity index is 2990. The van der Waals surface area contributed by atoms with Crippen molar-refractivity contribution in [3.63, 3.8) is 0 Å². The Morgan fingerprint density at radius 2 is 1.00 bits per heavy atom. The fraction of sp³-hybridized carbons (Fsp3) is 0.0612. The molecule has 6 heterocycles. The number of hydrogen-bond acceptors (Lipinski definition) is 5. The van der Waals surface area contributed by atoms with Crippen molar-refractivity contribution >= 4 is 72.4 Å².